The summed E-state index contributed by atoms with van der Waals surface area (Å²) in [7, 11) is 0. The van der Waals surface area contributed by atoms with Crippen molar-refractivity contribution in [1.29, 1.82) is 0 Å². The molecule has 4 rings (SSSR count). The van der Waals surface area contributed by atoms with Gasteiger partial charge >= 0.3 is 6.09 Å². The van der Waals surface area contributed by atoms with E-state index in [1.54, 1.807) is 0 Å². The van der Waals surface area contributed by atoms with Crippen LogP contribution >= 0.6 is 0 Å². The third-order valence-electron chi connectivity index (χ3n) is 6.22. The van der Waals surface area contributed by atoms with Crippen molar-refractivity contribution in [2.75, 3.05) is 6.61 Å². The number of amides is 1. The van der Waals surface area contributed by atoms with Crippen LogP contribution in [0.1, 0.15) is 42.0 Å². The van der Waals surface area contributed by atoms with Crippen LogP contribution in [0, 0.1) is 5.92 Å². The number of allylic oxidation sites excluding steroid dienone is 5. The number of alkyl carbamates (subject to hydrolysis) is 1. The quantitative estimate of drug-likeness (QED) is 0.572. The van der Waals surface area contributed by atoms with E-state index in [9.17, 15) is 4.79 Å². The predicted octanol–water partition coefficient (Wildman–Crippen LogP) is 6.52. The van der Waals surface area contributed by atoms with Crippen molar-refractivity contribution >= 4 is 17.7 Å². The van der Waals surface area contributed by atoms with Crippen molar-refractivity contribution in [1.82, 2.24) is 5.32 Å². The van der Waals surface area contributed by atoms with Gasteiger partial charge in [0.25, 0.3) is 0 Å². The average Bonchev–Trinajstić information content (AvgIpc) is 2.78. The number of nitrogens with one attached hydrogen (secondary N) is 1. The lowest BCUT2D eigenvalue weighted by Gasteiger charge is -2.30. The average molecular weight is 426 g/mol. The summed E-state index contributed by atoms with van der Waals surface area (Å²) in [6, 6.07) is 16.8. The van der Waals surface area contributed by atoms with Crippen molar-refractivity contribution in [2.24, 2.45) is 5.92 Å². The number of fused-ring (bicyclic) bond motifs is 2. The van der Waals surface area contributed by atoms with Gasteiger partial charge in [0, 0.05) is 12.0 Å². The maximum absolute atomic E-state index is 12.5. The Labute approximate surface area is 191 Å². The Bertz CT molecular complexity index is 1060. The number of benzene rings is 2. The highest BCUT2D eigenvalue weighted by atomic mass is 16.5. The fraction of sp³-hybridized carbons (Fsp3) is 0.276. The summed E-state index contributed by atoms with van der Waals surface area (Å²) < 4.78 is 5.71. The molecule has 1 N–H and O–H groups in total. The monoisotopic (exact) mass is 425 g/mol. The first-order valence-corrected chi connectivity index (χ1v) is 11.4. The number of carbonyl (C=O) groups excluding carboxylic acids is 1. The first-order valence-electron chi connectivity index (χ1n) is 11.4. The third-order valence-corrected chi connectivity index (χ3v) is 6.22. The fourth-order valence-corrected chi connectivity index (χ4v) is 4.61. The van der Waals surface area contributed by atoms with Crippen LogP contribution in [-0.4, -0.2) is 18.7 Å². The van der Waals surface area contributed by atoms with Gasteiger partial charge in [-0.05, 0) is 66.0 Å². The molecule has 3 nitrogen and oxygen atoms in total. The molecule has 0 aliphatic heterocycles. The number of hydrogen-bond donors (Lipinski definition) is 1. The van der Waals surface area contributed by atoms with Gasteiger partial charge < -0.3 is 10.1 Å². The van der Waals surface area contributed by atoms with Gasteiger partial charge in [0.1, 0.15) is 6.61 Å². The summed E-state index contributed by atoms with van der Waals surface area (Å²) in [5, 5.41) is 2.98. The van der Waals surface area contributed by atoms with Gasteiger partial charge in [-0.2, -0.15) is 0 Å². The number of rotatable bonds is 6. The van der Waals surface area contributed by atoms with Crippen molar-refractivity contribution in [3.8, 4) is 0 Å². The zero-order chi connectivity index (χ0) is 22.3. The molecule has 0 heterocycles. The molecule has 0 bridgehead atoms. The zero-order valence-electron chi connectivity index (χ0n) is 18.7. The van der Waals surface area contributed by atoms with Crippen molar-refractivity contribution in [3.63, 3.8) is 0 Å². The van der Waals surface area contributed by atoms with Gasteiger partial charge in [-0.1, -0.05) is 85.5 Å². The van der Waals surface area contributed by atoms with Crippen LogP contribution in [0.2, 0.25) is 0 Å². The maximum atomic E-state index is 12.5. The molecular formula is C29H31NO2. The highest BCUT2D eigenvalue weighted by Crippen LogP contribution is 2.39. The highest BCUT2D eigenvalue weighted by Gasteiger charge is 2.27. The van der Waals surface area contributed by atoms with E-state index in [1.807, 2.05) is 25.1 Å². The fourth-order valence-electron chi connectivity index (χ4n) is 4.61. The Kier molecular flexibility index (Phi) is 7.06. The van der Waals surface area contributed by atoms with E-state index in [1.165, 1.54) is 27.8 Å². The largest absolute Gasteiger partial charge is 0.449 e. The van der Waals surface area contributed by atoms with E-state index in [4.69, 9.17) is 4.74 Å². The van der Waals surface area contributed by atoms with Crippen LogP contribution in [-0.2, 0) is 17.6 Å². The molecule has 0 spiro atoms. The first-order chi connectivity index (χ1) is 15.6. The Hall–Kier alpha value is -3.33. The van der Waals surface area contributed by atoms with E-state index in [2.05, 4.69) is 72.6 Å². The Morgan fingerprint density at radius 2 is 2.00 bits per heavy atom. The smallest absolute Gasteiger partial charge is 0.407 e. The predicted molar refractivity (Wildman–Crippen MR) is 132 cm³/mol. The molecule has 0 saturated heterocycles. The van der Waals surface area contributed by atoms with Crippen LogP contribution in [0.25, 0.3) is 11.6 Å². The normalized spacial score (nSPS) is 20.1. The molecule has 0 fully saturated rings. The van der Waals surface area contributed by atoms with Crippen LogP contribution in [0.3, 0.4) is 0 Å². The minimum absolute atomic E-state index is 0.00892. The number of hydrogen-bond acceptors (Lipinski definition) is 2. The zero-order valence-corrected chi connectivity index (χ0v) is 18.7. The van der Waals surface area contributed by atoms with E-state index in [0.717, 1.165) is 31.2 Å². The molecule has 2 unspecified atom stereocenters. The molecule has 2 aliphatic carbocycles. The van der Waals surface area contributed by atoms with Crippen LogP contribution < -0.4 is 5.32 Å². The highest BCUT2D eigenvalue weighted by molar-refractivity contribution is 5.76. The van der Waals surface area contributed by atoms with Crippen LogP contribution in [0.15, 0.2) is 85.0 Å². The standard InChI is InChI=1S/C29H31NO2/c1-3-22-14-16-23(17-15-22)18-21(2)30-29(31)32-20-25-19-24-10-8-9-12-26(24)28-13-7-5-4-6-11-27(25)28/h3-6,8-12,14-17,21,25H,1,7,13,18-20H2,2H3,(H,30,31)/b5-4-,11-6-. The van der Waals surface area contributed by atoms with Gasteiger partial charge in [-0.3, -0.25) is 0 Å². The molecule has 0 radical (unpaired) electrons. The Morgan fingerprint density at radius 1 is 1.19 bits per heavy atom. The Morgan fingerprint density at radius 3 is 2.81 bits per heavy atom. The topological polar surface area (TPSA) is 38.3 Å². The first kappa shape index (κ1) is 21.9. The summed E-state index contributed by atoms with van der Waals surface area (Å²) >= 11 is 0. The van der Waals surface area contributed by atoms with Gasteiger partial charge in [0.15, 0.2) is 0 Å². The lowest BCUT2D eigenvalue weighted by atomic mass is 9.77. The van der Waals surface area contributed by atoms with Crippen molar-refractivity contribution in [3.05, 3.63) is 107 Å². The molecule has 2 atom stereocenters. The second kappa shape index (κ2) is 10.3. The van der Waals surface area contributed by atoms with E-state index in [0.29, 0.717) is 6.61 Å². The summed E-state index contributed by atoms with van der Waals surface area (Å²) in [5.74, 6) is 0.176. The number of ether oxygens (including phenoxy) is 1. The molecule has 2 aliphatic rings. The molecule has 2 aromatic rings. The minimum Gasteiger partial charge on any atom is -0.449 e. The molecule has 32 heavy (non-hydrogen) atoms. The molecule has 0 aromatic heterocycles. The Balaban J connectivity index is 1.39. The molecular weight excluding hydrogens is 394 g/mol. The van der Waals surface area contributed by atoms with Gasteiger partial charge in [-0.25, -0.2) is 4.79 Å². The maximum Gasteiger partial charge on any atom is 0.407 e. The second-order valence-electron chi connectivity index (χ2n) is 8.61. The lowest BCUT2D eigenvalue weighted by Crippen LogP contribution is -2.36. The molecule has 1 amide bonds. The number of carbonyl (C=O) groups is 1. The summed E-state index contributed by atoms with van der Waals surface area (Å²) in [6.45, 7) is 6.17. The van der Waals surface area contributed by atoms with Crippen molar-refractivity contribution < 1.29 is 9.53 Å². The van der Waals surface area contributed by atoms with E-state index >= 15 is 0 Å². The summed E-state index contributed by atoms with van der Waals surface area (Å²) in [5.41, 5.74) is 7.65. The van der Waals surface area contributed by atoms with Crippen LogP contribution in [0.4, 0.5) is 4.79 Å². The van der Waals surface area contributed by atoms with E-state index in [-0.39, 0.29) is 18.1 Å². The second-order valence-corrected chi connectivity index (χ2v) is 8.61. The van der Waals surface area contributed by atoms with Gasteiger partial charge in [-0.15, -0.1) is 0 Å². The lowest BCUT2D eigenvalue weighted by molar-refractivity contribution is 0.130. The van der Waals surface area contributed by atoms with Crippen molar-refractivity contribution in [2.45, 2.75) is 38.6 Å². The van der Waals surface area contributed by atoms with Gasteiger partial charge in [0.05, 0.1) is 0 Å². The SMILES string of the molecule is C=Cc1ccc(CC(C)NC(=O)OCC2Cc3ccccc3C3=C2/C=C\C=C/CC3)cc1. The van der Waals surface area contributed by atoms with Gasteiger partial charge in [0.2, 0.25) is 0 Å². The molecule has 2 aromatic carbocycles. The summed E-state index contributed by atoms with van der Waals surface area (Å²) in [4.78, 5) is 12.5. The van der Waals surface area contributed by atoms with E-state index < -0.39 is 0 Å². The molecule has 164 valence electrons. The summed E-state index contributed by atoms with van der Waals surface area (Å²) in [6.07, 6.45) is 13.8. The molecule has 0 saturated carbocycles. The third kappa shape index (κ3) is 5.28. The molecule has 3 heteroatoms. The minimum atomic E-state index is -0.351. The van der Waals surface area contributed by atoms with Crippen LogP contribution in [0.5, 0.6) is 0 Å².